The van der Waals surface area contributed by atoms with E-state index >= 15 is 0 Å². The summed E-state index contributed by atoms with van der Waals surface area (Å²) in [5, 5.41) is 0. The maximum atomic E-state index is 4.01. The molecular weight excluding hydrogens is 168 g/mol. The van der Waals surface area contributed by atoms with E-state index in [-0.39, 0.29) is 0 Å². The molecule has 72 valence electrons. The van der Waals surface area contributed by atoms with E-state index in [0.717, 1.165) is 5.57 Å². The molecule has 0 aromatic heterocycles. The first kappa shape index (κ1) is 10.5. The van der Waals surface area contributed by atoms with Gasteiger partial charge in [-0.15, -0.1) is 0 Å². The fourth-order valence-electron chi connectivity index (χ4n) is 1.11. The van der Waals surface area contributed by atoms with Crippen LogP contribution in [-0.2, 0) is 0 Å². The van der Waals surface area contributed by atoms with E-state index in [2.05, 4.69) is 38.6 Å². The minimum absolute atomic E-state index is 1.04. The normalized spacial score (nSPS) is 10.1. The Bertz CT molecular complexity index is 349. The largest absolute Gasteiger partial charge is 0.0912 e. The van der Waals surface area contributed by atoms with E-state index in [1.165, 1.54) is 11.1 Å². The zero-order valence-electron chi connectivity index (χ0n) is 8.83. The Morgan fingerprint density at radius 2 is 1.79 bits per heavy atom. The van der Waals surface area contributed by atoms with Gasteiger partial charge >= 0.3 is 0 Å². The summed E-state index contributed by atoms with van der Waals surface area (Å²) >= 11 is 0. The topological polar surface area (TPSA) is 0 Å². The Balaban J connectivity index is 2.69. The average Bonchev–Trinajstić information content (AvgIpc) is 2.18. The fourth-order valence-corrected chi connectivity index (χ4v) is 1.11. The Hall–Kier alpha value is -1.56. The molecule has 0 fully saturated rings. The molecule has 0 spiro atoms. The van der Waals surface area contributed by atoms with Crippen LogP contribution in [-0.4, -0.2) is 0 Å². The van der Waals surface area contributed by atoms with Gasteiger partial charge in [-0.2, -0.15) is 0 Å². The smallest absolute Gasteiger partial charge is 0.0190 e. The van der Waals surface area contributed by atoms with Crippen molar-refractivity contribution >= 4 is 5.57 Å². The first-order valence-corrected chi connectivity index (χ1v) is 4.76. The molecule has 0 radical (unpaired) electrons. The van der Waals surface area contributed by atoms with Crippen LogP contribution in [0.25, 0.3) is 5.57 Å². The van der Waals surface area contributed by atoms with Crippen molar-refractivity contribution in [2.45, 2.75) is 13.8 Å². The molecule has 0 amide bonds. The molecule has 1 rings (SSSR count). The SMILES string of the molecule is C=C(/C=C/C=C(C)C)c1ccccc1. The van der Waals surface area contributed by atoms with Gasteiger partial charge in [0.05, 0.1) is 0 Å². The van der Waals surface area contributed by atoms with Crippen LogP contribution in [0.4, 0.5) is 0 Å². The zero-order chi connectivity index (χ0) is 10.4. The lowest BCUT2D eigenvalue weighted by Crippen LogP contribution is -1.76. The summed E-state index contributed by atoms with van der Waals surface area (Å²) in [5.74, 6) is 0. The van der Waals surface area contributed by atoms with Crippen LogP contribution in [0.15, 0.2) is 60.7 Å². The van der Waals surface area contributed by atoms with Crippen molar-refractivity contribution in [3.05, 3.63) is 66.3 Å². The second-order valence-electron chi connectivity index (χ2n) is 3.49. The number of hydrogen-bond donors (Lipinski definition) is 0. The lowest BCUT2D eigenvalue weighted by atomic mass is 10.1. The third kappa shape index (κ3) is 3.44. The van der Waals surface area contributed by atoms with Gasteiger partial charge in [0.2, 0.25) is 0 Å². The summed E-state index contributed by atoms with van der Waals surface area (Å²) in [6, 6.07) is 10.2. The molecule has 0 aliphatic rings. The number of rotatable bonds is 3. The molecule has 0 heterocycles. The highest BCUT2D eigenvalue weighted by molar-refractivity contribution is 5.72. The summed E-state index contributed by atoms with van der Waals surface area (Å²) in [7, 11) is 0. The van der Waals surface area contributed by atoms with Gasteiger partial charge in [0, 0.05) is 0 Å². The van der Waals surface area contributed by atoms with E-state index in [1.807, 2.05) is 30.4 Å². The molecule has 0 aliphatic heterocycles. The summed E-state index contributed by atoms with van der Waals surface area (Å²) < 4.78 is 0. The van der Waals surface area contributed by atoms with Crippen LogP contribution in [0.3, 0.4) is 0 Å². The minimum Gasteiger partial charge on any atom is -0.0912 e. The lowest BCUT2D eigenvalue weighted by molar-refractivity contribution is 1.39. The second-order valence-corrected chi connectivity index (χ2v) is 3.49. The number of allylic oxidation sites excluding steroid dienone is 5. The number of benzene rings is 1. The molecule has 0 unspecified atom stereocenters. The van der Waals surface area contributed by atoms with E-state index in [0.29, 0.717) is 0 Å². The molecule has 1 aromatic rings. The van der Waals surface area contributed by atoms with E-state index < -0.39 is 0 Å². The van der Waals surface area contributed by atoms with Crippen molar-refractivity contribution in [1.29, 1.82) is 0 Å². The van der Waals surface area contributed by atoms with Gasteiger partial charge in [-0.1, -0.05) is 60.7 Å². The highest BCUT2D eigenvalue weighted by atomic mass is 14.0. The van der Waals surface area contributed by atoms with Crippen molar-refractivity contribution in [3.8, 4) is 0 Å². The van der Waals surface area contributed by atoms with Crippen LogP contribution in [0.1, 0.15) is 19.4 Å². The first-order valence-electron chi connectivity index (χ1n) is 4.76. The van der Waals surface area contributed by atoms with E-state index in [1.54, 1.807) is 0 Å². The molecule has 0 saturated carbocycles. The third-order valence-electron chi connectivity index (χ3n) is 1.87. The van der Waals surface area contributed by atoms with Crippen molar-refractivity contribution in [2.75, 3.05) is 0 Å². The quantitative estimate of drug-likeness (QED) is 0.617. The molecule has 0 aliphatic carbocycles. The molecule has 0 saturated heterocycles. The van der Waals surface area contributed by atoms with Gasteiger partial charge in [-0.25, -0.2) is 0 Å². The maximum Gasteiger partial charge on any atom is -0.0190 e. The first-order chi connectivity index (χ1) is 6.70. The van der Waals surface area contributed by atoms with Gasteiger partial charge in [-0.3, -0.25) is 0 Å². The van der Waals surface area contributed by atoms with Gasteiger partial charge < -0.3 is 0 Å². The standard InChI is InChI=1S/C14H16/c1-12(2)8-7-9-13(3)14-10-5-4-6-11-14/h4-11H,3H2,1-2H3/b9-7+. The van der Waals surface area contributed by atoms with Gasteiger partial charge in [0.1, 0.15) is 0 Å². The van der Waals surface area contributed by atoms with Crippen LogP contribution in [0, 0.1) is 0 Å². The van der Waals surface area contributed by atoms with E-state index in [4.69, 9.17) is 0 Å². The van der Waals surface area contributed by atoms with Gasteiger partial charge in [0.15, 0.2) is 0 Å². The van der Waals surface area contributed by atoms with Crippen molar-refractivity contribution in [2.24, 2.45) is 0 Å². The van der Waals surface area contributed by atoms with Crippen LogP contribution in [0.2, 0.25) is 0 Å². The number of hydrogen-bond acceptors (Lipinski definition) is 0. The summed E-state index contributed by atoms with van der Waals surface area (Å²) in [6.07, 6.45) is 6.14. The molecular formula is C14H16. The summed E-state index contributed by atoms with van der Waals surface area (Å²) in [6.45, 7) is 8.16. The maximum absolute atomic E-state index is 4.01. The van der Waals surface area contributed by atoms with Crippen molar-refractivity contribution in [1.82, 2.24) is 0 Å². The minimum atomic E-state index is 1.04. The zero-order valence-corrected chi connectivity index (χ0v) is 8.83. The molecule has 0 bridgehead atoms. The summed E-state index contributed by atoms with van der Waals surface area (Å²) in [4.78, 5) is 0. The molecule has 0 atom stereocenters. The predicted octanol–water partition coefficient (Wildman–Crippen LogP) is 4.22. The second kappa shape index (κ2) is 5.23. The average molecular weight is 184 g/mol. The monoisotopic (exact) mass is 184 g/mol. The molecule has 0 heteroatoms. The van der Waals surface area contributed by atoms with Crippen LogP contribution >= 0.6 is 0 Å². The molecule has 0 N–H and O–H groups in total. The Kier molecular flexibility index (Phi) is 3.93. The highest BCUT2D eigenvalue weighted by Gasteiger charge is 1.90. The lowest BCUT2D eigenvalue weighted by Gasteiger charge is -1.97. The molecule has 1 aromatic carbocycles. The van der Waals surface area contributed by atoms with Crippen LogP contribution < -0.4 is 0 Å². The van der Waals surface area contributed by atoms with Gasteiger partial charge in [0.25, 0.3) is 0 Å². The third-order valence-corrected chi connectivity index (χ3v) is 1.87. The molecule has 0 nitrogen and oxygen atoms in total. The van der Waals surface area contributed by atoms with Gasteiger partial charge in [-0.05, 0) is 25.0 Å². The Morgan fingerprint density at radius 1 is 1.14 bits per heavy atom. The highest BCUT2D eigenvalue weighted by Crippen LogP contribution is 2.12. The van der Waals surface area contributed by atoms with Crippen molar-refractivity contribution in [3.63, 3.8) is 0 Å². The Morgan fingerprint density at radius 3 is 2.36 bits per heavy atom. The fraction of sp³-hybridized carbons (Fsp3) is 0.143. The molecule has 14 heavy (non-hydrogen) atoms. The summed E-state index contributed by atoms with van der Waals surface area (Å²) in [5.41, 5.74) is 3.51. The predicted molar refractivity (Wildman–Crippen MR) is 64.0 cm³/mol. The van der Waals surface area contributed by atoms with Crippen molar-refractivity contribution < 1.29 is 0 Å². The van der Waals surface area contributed by atoms with Crippen LogP contribution in [0.5, 0.6) is 0 Å². The Labute approximate surface area is 86.3 Å². The van der Waals surface area contributed by atoms with E-state index in [9.17, 15) is 0 Å².